The third kappa shape index (κ3) is 74.7. The number of phosphoric acid groups is 2. The van der Waals surface area contributed by atoms with Crippen LogP contribution < -0.4 is 0 Å². The van der Waals surface area contributed by atoms with Gasteiger partial charge in [0.05, 0.1) is 26.4 Å². The van der Waals surface area contributed by atoms with Crippen LogP contribution >= 0.6 is 15.6 Å². The molecule has 0 aliphatic heterocycles. The van der Waals surface area contributed by atoms with Gasteiger partial charge in [-0.1, -0.05) is 275 Å². The maximum Gasteiger partial charge on any atom is 0.472 e. The molecule has 0 saturated heterocycles. The molecule has 0 bridgehead atoms. The second-order valence-corrected chi connectivity index (χ2v) is 28.4. The summed E-state index contributed by atoms with van der Waals surface area (Å²) in [6.07, 6.45) is 89.4. The van der Waals surface area contributed by atoms with Crippen molar-refractivity contribution >= 4 is 39.5 Å². The molecule has 0 saturated carbocycles. The van der Waals surface area contributed by atoms with Gasteiger partial charge in [0.2, 0.25) is 0 Å². The zero-order valence-corrected chi connectivity index (χ0v) is 66.2. The molecule has 0 aromatic carbocycles. The smallest absolute Gasteiger partial charge is 0.462 e. The van der Waals surface area contributed by atoms with Crippen LogP contribution in [0.2, 0.25) is 0 Å². The zero-order valence-electron chi connectivity index (χ0n) is 64.4. The van der Waals surface area contributed by atoms with Crippen molar-refractivity contribution in [2.24, 2.45) is 0 Å². The summed E-state index contributed by atoms with van der Waals surface area (Å²) >= 11 is 0. The van der Waals surface area contributed by atoms with Gasteiger partial charge in [0, 0.05) is 25.7 Å². The Morgan fingerprint density at radius 1 is 0.279 bits per heavy atom. The van der Waals surface area contributed by atoms with Crippen LogP contribution in [-0.2, 0) is 65.4 Å². The molecule has 19 heteroatoms. The molecule has 0 fully saturated rings. The monoisotopic (exact) mass is 1490 g/mol. The van der Waals surface area contributed by atoms with Crippen molar-refractivity contribution < 1.29 is 80.2 Å². The largest absolute Gasteiger partial charge is 0.472 e. The van der Waals surface area contributed by atoms with Gasteiger partial charge in [0.1, 0.15) is 19.3 Å². The number of rotatable bonds is 72. The summed E-state index contributed by atoms with van der Waals surface area (Å²) in [5.41, 5.74) is 0. The number of hydrogen-bond donors (Lipinski definition) is 3. The lowest BCUT2D eigenvalue weighted by Crippen LogP contribution is -2.30. The van der Waals surface area contributed by atoms with Crippen LogP contribution in [0.5, 0.6) is 0 Å². The molecule has 2 unspecified atom stereocenters. The lowest BCUT2D eigenvalue weighted by Gasteiger charge is -2.21. The summed E-state index contributed by atoms with van der Waals surface area (Å²) < 4.78 is 68.4. The van der Waals surface area contributed by atoms with Crippen molar-refractivity contribution in [1.29, 1.82) is 0 Å². The lowest BCUT2D eigenvalue weighted by molar-refractivity contribution is -0.161. The maximum absolute atomic E-state index is 13.1. The van der Waals surface area contributed by atoms with Crippen molar-refractivity contribution in [2.75, 3.05) is 39.6 Å². The Morgan fingerprint density at radius 2 is 0.519 bits per heavy atom. The second kappa shape index (κ2) is 75.6. The van der Waals surface area contributed by atoms with Gasteiger partial charge in [-0.05, 0) is 154 Å². The third-order valence-electron chi connectivity index (χ3n) is 15.7. The van der Waals surface area contributed by atoms with E-state index >= 15 is 0 Å². The van der Waals surface area contributed by atoms with Crippen molar-refractivity contribution in [3.63, 3.8) is 0 Å². The Hall–Kier alpha value is -5.58. The SMILES string of the molecule is CC/C=C\C/C=C\C/C=C\C/C=C\C/C=C\C/C=C\CCC(=O)OC[C@H](COP(=O)(O)OCC(O)COP(=O)(O)OC[C@@H](COC(=O)CC/C=C\C/C=C\C/C=C\C/C=C\C/C=C\C/C=C\CC)OC(=O)CCCCCCC/C=C\CCCCCC)OC(=O)CCCCCCC/C=C\CCCCCC. The fourth-order valence-corrected chi connectivity index (χ4v) is 11.3. The van der Waals surface area contributed by atoms with Gasteiger partial charge < -0.3 is 33.8 Å². The summed E-state index contributed by atoms with van der Waals surface area (Å²) in [5, 5.41) is 10.6. The van der Waals surface area contributed by atoms with Gasteiger partial charge in [-0.25, -0.2) is 9.13 Å². The molecular formula is C85H138O17P2. The number of carbonyl (C=O) groups excluding carboxylic acids is 4. The molecule has 0 aromatic heterocycles. The van der Waals surface area contributed by atoms with Crippen molar-refractivity contribution in [1.82, 2.24) is 0 Å². The summed E-state index contributed by atoms with van der Waals surface area (Å²) in [5.74, 6) is -2.40. The number of ether oxygens (including phenoxy) is 4. The number of aliphatic hydroxyl groups is 1. The number of phosphoric ester groups is 2. The summed E-state index contributed by atoms with van der Waals surface area (Å²) in [4.78, 5) is 72.9. The molecule has 590 valence electrons. The molecule has 104 heavy (non-hydrogen) atoms. The number of aliphatic hydroxyl groups excluding tert-OH is 1. The number of unbranched alkanes of at least 4 members (excludes halogenated alkanes) is 18. The zero-order chi connectivity index (χ0) is 76.0. The Morgan fingerprint density at radius 3 is 0.808 bits per heavy atom. The van der Waals surface area contributed by atoms with Crippen LogP contribution in [0, 0.1) is 0 Å². The van der Waals surface area contributed by atoms with Gasteiger partial charge in [-0.3, -0.25) is 37.3 Å². The van der Waals surface area contributed by atoms with Crippen LogP contribution in [0.25, 0.3) is 0 Å². The Balaban J connectivity index is 5.48. The molecule has 4 atom stereocenters. The van der Waals surface area contributed by atoms with E-state index < -0.39 is 97.5 Å². The maximum atomic E-state index is 13.1. The van der Waals surface area contributed by atoms with Gasteiger partial charge in [-0.2, -0.15) is 0 Å². The predicted molar refractivity (Wildman–Crippen MR) is 426 cm³/mol. The summed E-state index contributed by atoms with van der Waals surface area (Å²) in [6, 6.07) is 0. The minimum atomic E-state index is -5.01. The van der Waals surface area contributed by atoms with Crippen molar-refractivity contribution in [3.05, 3.63) is 170 Å². The molecular weight excluding hydrogens is 1350 g/mol. The van der Waals surface area contributed by atoms with E-state index in [0.29, 0.717) is 38.5 Å². The van der Waals surface area contributed by atoms with E-state index in [1.807, 2.05) is 36.5 Å². The molecule has 3 N–H and O–H groups in total. The first-order chi connectivity index (χ1) is 50.7. The minimum Gasteiger partial charge on any atom is -0.462 e. The highest BCUT2D eigenvalue weighted by Gasteiger charge is 2.30. The van der Waals surface area contributed by atoms with Crippen LogP contribution in [-0.4, -0.2) is 96.7 Å². The van der Waals surface area contributed by atoms with E-state index in [2.05, 4.69) is 161 Å². The highest BCUT2D eigenvalue weighted by molar-refractivity contribution is 7.47. The molecule has 17 nitrogen and oxygen atoms in total. The van der Waals surface area contributed by atoms with Crippen LogP contribution in [0.4, 0.5) is 0 Å². The Kier molecular flexibility index (Phi) is 71.6. The fraction of sp³-hybridized carbons (Fsp3) is 0.624. The van der Waals surface area contributed by atoms with Crippen LogP contribution in [0.15, 0.2) is 170 Å². The first-order valence-corrected chi connectivity index (χ1v) is 42.4. The first-order valence-electron chi connectivity index (χ1n) is 39.4. The average molecular weight is 1490 g/mol. The molecule has 0 heterocycles. The summed E-state index contributed by atoms with van der Waals surface area (Å²) in [7, 11) is -10.0. The van der Waals surface area contributed by atoms with E-state index in [1.165, 1.54) is 51.4 Å². The van der Waals surface area contributed by atoms with Gasteiger partial charge >= 0.3 is 39.5 Å². The second-order valence-electron chi connectivity index (χ2n) is 25.5. The number of esters is 4. The topological polar surface area (TPSA) is 237 Å². The third-order valence-corrected chi connectivity index (χ3v) is 17.6. The average Bonchev–Trinajstić information content (AvgIpc) is 0.913. The molecule has 0 aromatic rings. The summed E-state index contributed by atoms with van der Waals surface area (Å²) in [6.45, 7) is 4.40. The van der Waals surface area contributed by atoms with E-state index in [-0.39, 0.29) is 25.7 Å². The highest BCUT2D eigenvalue weighted by atomic mass is 31.2. The Labute approximate surface area is 629 Å². The molecule has 0 aliphatic carbocycles. The highest BCUT2D eigenvalue weighted by Crippen LogP contribution is 2.45. The van der Waals surface area contributed by atoms with E-state index in [0.717, 1.165) is 141 Å². The van der Waals surface area contributed by atoms with E-state index in [1.54, 1.807) is 0 Å². The lowest BCUT2D eigenvalue weighted by atomic mass is 10.1. The van der Waals surface area contributed by atoms with Gasteiger partial charge in [0.25, 0.3) is 0 Å². The Bertz CT molecular complexity index is 2460. The predicted octanol–water partition coefficient (Wildman–Crippen LogP) is 23.0. The number of allylic oxidation sites excluding steroid dienone is 28. The van der Waals surface area contributed by atoms with E-state index in [4.69, 9.17) is 37.0 Å². The standard InChI is InChI=1S/C85H138O17P2/c1-5-9-13-17-21-25-29-33-35-37-39-41-43-47-49-53-57-61-65-69-82(87)95-75-80(101-84(89)71-67-63-59-55-51-45-31-27-23-19-15-11-7-3)77-99-103(91,92)97-73-79(86)74-98-104(93,94)100-78-81(102-85(90)72-68-64-60-56-52-46-32-28-24-20-16-12-8-4)76-96-83(88)70-66-62-58-54-50-48-44-42-40-38-36-34-30-26-22-18-14-10-6-2/h9-10,13-14,21-22,25-28,31-36,39-42,47-50,57-58,61-62,79-81,86H,5-8,11-12,15-20,23-24,29-30,37-38,43-46,51-56,59-60,63-78H2,1-4H3,(H,91,92)(H,93,94)/b13-9-,14-10-,25-21-,26-22-,31-27-,32-28-,35-33-,36-34-,41-39-,42-40-,49-47-,50-48-,61-57-,62-58-/t80-,81-/m1/s1. The minimum absolute atomic E-state index is 0.0281. The quantitative estimate of drug-likeness (QED) is 0.0169. The number of carbonyl (C=O) groups is 4. The van der Waals surface area contributed by atoms with Crippen LogP contribution in [0.3, 0.4) is 0 Å². The molecule has 0 rings (SSSR count). The van der Waals surface area contributed by atoms with Crippen LogP contribution in [0.1, 0.15) is 285 Å². The first kappa shape index (κ1) is 98.4. The van der Waals surface area contributed by atoms with Crippen molar-refractivity contribution in [2.45, 2.75) is 303 Å². The van der Waals surface area contributed by atoms with E-state index in [9.17, 15) is 43.2 Å². The molecule has 0 radical (unpaired) electrons. The molecule has 0 amide bonds. The number of hydrogen-bond acceptors (Lipinski definition) is 15. The fourth-order valence-electron chi connectivity index (χ4n) is 9.73. The van der Waals surface area contributed by atoms with Crippen molar-refractivity contribution in [3.8, 4) is 0 Å². The van der Waals surface area contributed by atoms with Gasteiger partial charge in [0.15, 0.2) is 12.2 Å². The van der Waals surface area contributed by atoms with Gasteiger partial charge in [-0.15, -0.1) is 0 Å². The molecule has 0 spiro atoms. The normalized spacial score (nSPS) is 14.8. The molecule has 0 aliphatic rings.